The Morgan fingerprint density at radius 3 is 1.70 bits per heavy atom. The summed E-state index contributed by atoms with van der Waals surface area (Å²) in [5.74, 6) is 0. The molecule has 0 radical (unpaired) electrons. The summed E-state index contributed by atoms with van der Waals surface area (Å²) >= 11 is 0. The van der Waals surface area contributed by atoms with E-state index in [1.54, 1.807) is 0 Å². The first-order valence-electron chi connectivity index (χ1n) is 15.1. The average Bonchev–Trinajstić information content (AvgIpc) is 3.40. The van der Waals surface area contributed by atoms with Gasteiger partial charge in [-0.1, -0.05) is 140 Å². The largest absolute Gasteiger partial charge is 0.0622 e. The fourth-order valence-electron chi connectivity index (χ4n) is 8.17. The topological polar surface area (TPSA) is 0 Å². The first-order chi connectivity index (χ1) is 21.3. The van der Waals surface area contributed by atoms with E-state index in [4.69, 9.17) is 0 Å². The molecular weight excluding hydrogens is 516 g/mol. The van der Waals surface area contributed by atoms with Gasteiger partial charge < -0.3 is 0 Å². The summed E-state index contributed by atoms with van der Waals surface area (Å²) in [5.41, 5.74) is 11.9. The van der Waals surface area contributed by atoms with Crippen molar-refractivity contribution >= 4 is 53.9 Å². The minimum atomic E-state index is 1.24. The normalized spacial score (nSPS) is 12.3. The summed E-state index contributed by atoms with van der Waals surface area (Å²) in [6.45, 7) is 2.24. The van der Waals surface area contributed by atoms with Crippen LogP contribution in [0, 0.1) is 6.92 Å². The third-order valence-electron chi connectivity index (χ3n) is 9.88. The summed E-state index contributed by atoms with van der Waals surface area (Å²) in [5, 5.41) is 13.5. The molecule has 10 rings (SSSR count). The van der Waals surface area contributed by atoms with E-state index in [0.29, 0.717) is 0 Å². The van der Waals surface area contributed by atoms with E-state index in [-0.39, 0.29) is 0 Å². The van der Waals surface area contributed by atoms with Crippen LogP contribution in [-0.4, -0.2) is 0 Å². The van der Waals surface area contributed by atoms with Gasteiger partial charge in [0, 0.05) is 0 Å². The molecule has 0 aliphatic heterocycles. The number of hydrogen-bond donors (Lipinski definition) is 0. The summed E-state index contributed by atoms with van der Waals surface area (Å²) in [7, 11) is 0. The lowest BCUT2D eigenvalue weighted by Crippen LogP contribution is -1.95. The highest BCUT2D eigenvalue weighted by molar-refractivity contribution is 6.41. The maximum atomic E-state index is 2.38. The van der Waals surface area contributed by atoms with Gasteiger partial charge in [-0.3, -0.25) is 0 Å². The van der Waals surface area contributed by atoms with Gasteiger partial charge in [-0.2, -0.15) is 0 Å². The molecule has 198 valence electrons. The Morgan fingerprint density at radius 1 is 0.302 bits per heavy atom. The molecular formula is C43H26. The van der Waals surface area contributed by atoms with Gasteiger partial charge in [-0.05, 0) is 111 Å². The summed E-state index contributed by atoms with van der Waals surface area (Å²) in [4.78, 5) is 0. The second-order valence-corrected chi connectivity index (χ2v) is 12.0. The van der Waals surface area contributed by atoms with Gasteiger partial charge in [0.2, 0.25) is 0 Å². The van der Waals surface area contributed by atoms with Crippen molar-refractivity contribution in [1.82, 2.24) is 0 Å². The van der Waals surface area contributed by atoms with Crippen molar-refractivity contribution < 1.29 is 0 Å². The molecule has 0 bridgehead atoms. The van der Waals surface area contributed by atoms with Gasteiger partial charge in [0.15, 0.2) is 0 Å². The molecule has 0 unspecified atom stereocenters. The molecule has 0 heteroatoms. The van der Waals surface area contributed by atoms with Crippen LogP contribution in [0.25, 0.3) is 98.4 Å². The number of hydrogen-bond acceptors (Lipinski definition) is 0. The van der Waals surface area contributed by atoms with Crippen LogP contribution in [0.15, 0.2) is 140 Å². The number of rotatable bonds is 2. The summed E-state index contributed by atoms with van der Waals surface area (Å²) in [6.07, 6.45) is 0. The predicted molar refractivity (Wildman–Crippen MR) is 185 cm³/mol. The molecule has 43 heavy (non-hydrogen) atoms. The van der Waals surface area contributed by atoms with Gasteiger partial charge in [-0.15, -0.1) is 0 Å². The van der Waals surface area contributed by atoms with Crippen LogP contribution in [0.1, 0.15) is 5.56 Å². The highest BCUT2D eigenvalue weighted by Gasteiger charge is 2.31. The van der Waals surface area contributed by atoms with Crippen molar-refractivity contribution in [3.63, 3.8) is 0 Å². The molecule has 0 atom stereocenters. The number of aryl methyl sites for hydroxylation is 1. The highest BCUT2D eigenvalue weighted by Crippen LogP contribution is 2.59. The Balaban J connectivity index is 1.53. The molecule has 1 aliphatic rings. The smallest absolute Gasteiger partial charge is 0.000696 e. The Bertz CT molecular complexity index is 2600. The molecule has 0 heterocycles. The van der Waals surface area contributed by atoms with Crippen LogP contribution >= 0.6 is 0 Å². The molecule has 0 aromatic heterocycles. The monoisotopic (exact) mass is 542 g/mol. The Morgan fingerprint density at radius 2 is 0.907 bits per heavy atom. The summed E-state index contributed by atoms with van der Waals surface area (Å²) < 4.78 is 0. The van der Waals surface area contributed by atoms with Gasteiger partial charge >= 0.3 is 0 Å². The summed E-state index contributed by atoms with van der Waals surface area (Å²) in [6, 6.07) is 52.1. The highest BCUT2D eigenvalue weighted by atomic mass is 14.3. The minimum Gasteiger partial charge on any atom is -0.0622 e. The maximum Gasteiger partial charge on any atom is -0.000696 e. The van der Waals surface area contributed by atoms with E-state index in [2.05, 4.69) is 146 Å². The molecule has 9 aromatic rings. The lowest BCUT2D eigenvalue weighted by Gasteiger charge is -2.23. The Kier molecular flexibility index (Phi) is 4.47. The second-order valence-electron chi connectivity index (χ2n) is 12.0. The molecule has 1 aliphatic carbocycles. The van der Waals surface area contributed by atoms with Gasteiger partial charge in [0.1, 0.15) is 0 Å². The predicted octanol–water partition coefficient (Wildman–Crippen LogP) is 12.2. The van der Waals surface area contributed by atoms with Crippen LogP contribution < -0.4 is 0 Å². The number of fused-ring (bicyclic) bond motifs is 6. The molecule has 0 saturated carbocycles. The Hall–Kier alpha value is -5.46. The van der Waals surface area contributed by atoms with E-state index in [0.717, 1.165) is 0 Å². The van der Waals surface area contributed by atoms with Gasteiger partial charge in [0.05, 0.1) is 0 Å². The molecule has 0 N–H and O–H groups in total. The van der Waals surface area contributed by atoms with E-state index in [1.165, 1.54) is 104 Å². The first-order valence-corrected chi connectivity index (χ1v) is 15.1. The van der Waals surface area contributed by atoms with Crippen molar-refractivity contribution in [3.8, 4) is 44.5 Å². The zero-order valence-electron chi connectivity index (χ0n) is 23.8. The van der Waals surface area contributed by atoms with E-state index < -0.39 is 0 Å². The molecule has 0 fully saturated rings. The fraction of sp³-hybridized carbons (Fsp3) is 0.0233. The maximum absolute atomic E-state index is 2.38. The van der Waals surface area contributed by atoms with E-state index in [9.17, 15) is 0 Å². The van der Waals surface area contributed by atoms with Crippen molar-refractivity contribution in [3.05, 3.63) is 145 Å². The zero-order valence-corrected chi connectivity index (χ0v) is 23.8. The van der Waals surface area contributed by atoms with E-state index in [1.807, 2.05) is 0 Å². The SMILES string of the molecule is Cc1ccc2c3c4c(c(-c5ccccc5-c5ccccc5)c5cccc(c6cccc1c62)c53)-c1cccc2cccc-4c12. The molecule has 0 saturated heterocycles. The quantitative estimate of drug-likeness (QED) is 0.150. The molecule has 0 amide bonds. The molecule has 9 aromatic carbocycles. The van der Waals surface area contributed by atoms with E-state index >= 15 is 0 Å². The van der Waals surface area contributed by atoms with Crippen molar-refractivity contribution in [2.45, 2.75) is 6.92 Å². The van der Waals surface area contributed by atoms with Crippen molar-refractivity contribution in [2.24, 2.45) is 0 Å². The van der Waals surface area contributed by atoms with Crippen LogP contribution in [0.4, 0.5) is 0 Å². The van der Waals surface area contributed by atoms with Crippen LogP contribution in [0.2, 0.25) is 0 Å². The third kappa shape index (κ3) is 2.90. The lowest BCUT2D eigenvalue weighted by atomic mass is 9.79. The minimum absolute atomic E-state index is 1.24. The average molecular weight is 543 g/mol. The third-order valence-corrected chi connectivity index (χ3v) is 9.88. The van der Waals surface area contributed by atoms with Crippen molar-refractivity contribution in [1.29, 1.82) is 0 Å². The standard InChI is InChI=1S/C43H26/c1-25-23-24-36-38-28(25)17-9-18-31(38)32-19-10-22-35-39(30-16-6-5-15-29(30)26-11-3-2-4-12-26)41-33-20-7-13-27-14-8-21-34(37(27)33)43(41)42(36)40(32)35/h2-24H,1H3. The fourth-order valence-corrected chi connectivity index (χ4v) is 8.17. The van der Waals surface area contributed by atoms with Crippen LogP contribution in [0.3, 0.4) is 0 Å². The molecule has 0 nitrogen and oxygen atoms in total. The number of benzene rings is 9. The van der Waals surface area contributed by atoms with Gasteiger partial charge in [-0.25, -0.2) is 0 Å². The van der Waals surface area contributed by atoms with Crippen LogP contribution in [-0.2, 0) is 0 Å². The zero-order chi connectivity index (χ0) is 28.2. The molecule has 0 spiro atoms. The first kappa shape index (κ1) is 23.1. The van der Waals surface area contributed by atoms with Crippen LogP contribution in [0.5, 0.6) is 0 Å². The lowest BCUT2D eigenvalue weighted by molar-refractivity contribution is 1.55. The Labute approximate surface area is 249 Å². The van der Waals surface area contributed by atoms with Crippen molar-refractivity contribution in [2.75, 3.05) is 0 Å². The second kappa shape index (κ2) is 8.31. The van der Waals surface area contributed by atoms with Gasteiger partial charge in [0.25, 0.3) is 0 Å².